The number of hydrogen-bond acceptors (Lipinski definition) is 5. The van der Waals surface area contributed by atoms with Gasteiger partial charge in [0.25, 0.3) is 11.5 Å². The molecule has 0 spiro atoms. The molecule has 3 rings (SSSR count). The van der Waals surface area contributed by atoms with E-state index in [0.29, 0.717) is 5.56 Å². The Morgan fingerprint density at radius 1 is 1.07 bits per heavy atom. The van der Waals surface area contributed by atoms with E-state index >= 15 is 0 Å². The number of nitrogens with zero attached hydrogens (tertiary/aromatic N) is 2. The molecule has 154 valence electrons. The minimum absolute atomic E-state index is 0.0694. The molecular weight excluding hydrogens is 389 g/mol. The molecule has 30 heavy (non-hydrogen) atoms. The third-order valence-electron chi connectivity index (χ3n) is 4.49. The van der Waals surface area contributed by atoms with Gasteiger partial charge in [0, 0.05) is 11.6 Å². The van der Waals surface area contributed by atoms with Crippen LogP contribution in [-0.4, -0.2) is 28.3 Å². The van der Waals surface area contributed by atoms with Crippen molar-refractivity contribution in [3.05, 3.63) is 87.1 Å². The summed E-state index contributed by atoms with van der Waals surface area (Å²) in [6, 6.07) is 11.3. The van der Waals surface area contributed by atoms with Crippen molar-refractivity contribution in [2.24, 2.45) is 0 Å². The summed E-state index contributed by atoms with van der Waals surface area (Å²) in [4.78, 5) is 37.7. The first-order valence-corrected chi connectivity index (χ1v) is 9.26. The lowest BCUT2D eigenvalue weighted by Gasteiger charge is -2.13. The lowest BCUT2D eigenvalue weighted by molar-refractivity contribution is 0.0518. The average molecular weight is 409 g/mol. The van der Waals surface area contributed by atoms with Gasteiger partial charge in [-0.1, -0.05) is 6.07 Å². The van der Waals surface area contributed by atoms with Crippen LogP contribution in [0.1, 0.15) is 38.9 Å². The van der Waals surface area contributed by atoms with Crippen molar-refractivity contribution in [2.75, 3.05) is 11.9 Å². The summed E-state index contributed by atoms with van der Waals surface area (Å²) in [5.41, 5.74) is 1.68. The van der Waals surface area contributed by atoms with Gasteiger partial charge in [-0.2, -0.15) is 9.78 Å². The fourth-order valence-electron chi connectivity index (χ4n) is 2.75. The molecule has 0 aliphatic carbocycles. The molecule has 0 aliphatic rings. The number of amides is 1. The van der Waals surface area contributed by atoms with E-state index in [1.807, 2.05) is 13.8 Å². The van der Waals surface area contributed by atoms with Gasteiger partial charge < -0.3 is 10.1 Å². The lowest BCUT2D eigenvalue weighted by Crippen LogP contribution is -2.27. The summed E-state index contributed by atoms with van der Waals surface area (Å²) in [6.45, 7) is 5.51. The van der Waals surface area contributed by atoms with Crippen molar-refractivity contribution in [3.63, 3.8) is 0 Å². The third kappa shape index (κ3) is 4.43. The number of aryl methyl sites for hydroxylation is 2. The highest BCUT2D eigenvalue weighted by atomic mass is 19.1. The minimum atomic E-state index is -0.802. The summed E-state index contributed by atoms with van der Waals surface area (Å²) in [6.07, 6.45) is 0. The molecule has 1 N–H and O–H groups in total. The quantitative estimate of drug-likeness (QED) is 0.652. The topological polar surface area (TPSA) is 90.3 Å². The summed E-state index contributed by atoms with van der Waals surface area (Å²) in [5.74, 6) is -1.78. The number of ether oxygens (including phenoxy) is 1. The molecule has 0 atom stereocenters. The SMILES string of the molecule is CCOC(=O)c1nn(-c2ccc(F)cc2)c(=O)cc1NC(=O)c1ccc(C)c(C)c1. The molecule has 0 unspecified atom stereocenters. The largest absolute Gasteiger partial charge is 0.461 e. The lowest BCUT2D eigenvalue weighted by atomic mass is 10.1. The van der Waals surface area contributed by atoms with Crippen LogP contribution in [0.5, 0.6) is 0 Å². The second kappa shape index (κ2) is 8.69. The second-order valence-corrected chi connectivity index (χ2v) is 6.61. The first-order chi connectivity index (χ1) is 14.3. The molecular formula is C22H20FN3O4. The number of esters is 1. The van der Waals surface area contributed by atoms with E-state index in [4.69, 9.17) is 4.74 Å². The number of aromatic nitrogens is 2. The van der Waals surface area contributed by atoms with Crippen LogP contribution in [0, 0.1) is 19.7 Å². The maximum atomic E-state index is 13.2. The number of anilines is 1. The van der Waals surface area contributed by atoms with Crippen LogP contribution >= 0.6 is 0 Å². The Morgan fingerprint density at radius 2 is 1.77 bits per heavy atom. The first-order valence-electron chi connectivity index (χ1n) is 9.26. The highest BCUT2D eigenvalue weighted by Crippen LogP contribution is 2.17. The highest BCUT2D eigenvalue weighted by molar-refractivity contribution is 6.07. The fourth-order valence-corrected chi connectivity index (χ4v) is 2.75. The maximum absolute atomic E-state index is 13.2. The van der Waals surface area contributed by atoms with Gasteiger partial charge in [-0.05, 0) is 68.3 Å². The number of halogens is 1. The Balaban J connectivity index is 2.04. The predicted octanol–water partition coefficient (Wildman–Crippen LogP) is 3.42. The molecule has 1 aromatic heterocycles. The van der Waals surface area contributed by atoms with Crippen LogP contribution in [0.25, 0.3) is 5.69 Å². The number of carbonyl (C=O) groups is 2. The zero-order chi connectivity index (χ0) is 21.8. The van der Waals surface area contributed by atoms with E-state index in [9.17, 15) is 18.8 Å². The number of carbonyl (C=O) groups excluding carboxylic acids is 2. The van der Waals surface area contributed by atoms with Gasteiger partial charge in [-0.25, -0.2) is 9.18 Å². The van der Waals surface area contributed by atoms with E-state index in [-0.39, 0.29) is 23.7 Å². The summed E-state index contributed by atoms with van der Waals surface area (Å²) < 4.78 is 19.2. The van der Waals surface area contributed by atoms with Crippen molar-refractivity contribution in [2.45, 2.75) is 20.8 Å². The van der Waals surface area contributed by atoms with Crippen LogP contribution in [0.4, 0.5) is 10.1 Å². The van der Waals surface area contributed by atoms with Crippen LogP contribution < -0.4 is 10.9 Å². The summed E-state index contributed by atoms with van der Waals surface area (Å²) >= 11 is 0. The van der Waals surface area contributed by atoms with Crippen LogP contribution in [0.2, 0.25) is 0 Å². The molecule has 7 nitrogen and oxygen atoms in total. The normalized spacial score (nSPS) is 10.5. The number of nitrogens with one attached hydrogen (secondary N) is 1. The molecule has 1 heterocycles. The zero-order valence-corrected chi connectivity index (χ0v) is 16.7. The Labute approximate surface area is 172 Å². The number of rotatable bonds is 5. The van der Waals surface area contributed by atoms with Crippen molar-refractivity contribution in [1.82, 2.24) is 9.78 Å². The molecule has 0 aliphatic heterocycles. The summed E-state index contributed by atoms with van der Waals surface area (Å²) in [7, 11) is 0. The molecule has 1 amide bonds. The monoisotopic (exact) mass is 409 g/mol. The molecule has 0 radical (unpaired) electrons. The van der Waals surface area contributed by atoms with Gasteiger partial charge in [-0.3, -0.25) is 9.59 Å². The third-order valence-corrected chi connectivity index (χ3v) is 4.49. The Morgan fingerprint density at radius 3 is 2.40 bits per heavy atom. The van der Waals surface area contributed by atoms with Gasteiger partial charge in [0.15, 0.2) is 5.69 Å². The maximum Gasteiger partial charge on any atom is 0.360 e. The smallest absolute Gasteiger partial charge is 0.360 e. The van der Waals surface area contributed by atoms with Crippen molar-refractivity contribution >= 4 is 17.6 Å². The summed E-state index contributed by atoms with van der Waals surface area (Å²) in [5, 5.41) is 6.63. The predicted molar refractivity (Wildman–Crippen MR) is 110 cm³/mol. The zero-order valence-electron chi connectivity index (χ0n) is 16.7. The Bertz CT molecular complexity index is 1170. The second-order valence-electron chi connectivity index (χ2n) is 6.61. The molecule has 0 saturated carbocycles. The van der Waals surface area contributed by atoms with E-state index in [0.717, 1.165) is 21.9 Å². The Hall–Kier alpha value is -3.81. The van der Waals surface area contributed by atoms with Crippen molar-refractivity contribution in [3.8, 4) is 5.69 Å². The van der Waals surface area contributed by atoms with E-state index < -0.39 is 23.3 Å². The van der Waals surface area contributed by atoms with Gasteiger partial charge in [0.2, 0.25) is 0 Å². The van der Waals surface area contributed by atoms with E-state index in [2.05, 4.69) is 10.4 Å². The molecule has 0 bridgehead atoms. The first kappa shape index (κ1) is 20.9. The van der Waals surface area contributed by atoms with Crippen LogP contribution in [0.3, 0.4) is 0 Å². The van der Waals surface area contributed by atoms with Crippen molar-refractivity contribution in [1.29, 1.82) is 0 Å². The number of benzene rings is 2. The molecule has 8 heteroatoms. The van der Waals surface area contributed by atoms with Crippen LogP contribution in [-0.2, 0) is 4.74 Å². The van der Waals surface area contributed by atoms with E-state index in [1.54, 1.807) is 25.1 Å². The van der Waals surface area contributed by atoms with E-state index in [1.165, 1.54) is 24.3 Å². The molecule has 3 aromatic rings. The van der Waals surface area contributed by atoms with Gasteiger partial charge in [0.1, 0.15) is 5.82 Å². The highest BCUT2D eigenvalue weighted by Gasteiger charge is 2.20. The van der Waals surface area contributed by atoms with Gasteiger partial charge in [-0.15, -0.1) is 0 Å². The Kier molecular flexibility index (Phi) is 6.06. The minimum Gasteiger partial charge on any atom is -0.461 e. The average Bonchev–Trinajstić information content (AvgIpc) is 2.71. The van der Waals surface area contributed by atoms with Gasteiger partial charge in [0.05, 0.1) is 18.0 Å². The molecule has 2 aromatic carbocycles. The fraction of sp³-hybridized carbons (Fsp3) is 0.182. The van der Waals surface area contributed by atoms with Crippen LogP contribution in [0.15, 0.2) is 53.3 Å². The number of hydrogen-bond donors (Lipinski definition) is 1. The van der Waals surface area contributed by atoms with Gasteiger partial charge >= 0.3 is 5.97 Å². The molecule has 0 fully saturated rings. The standard InChI is InChI=1S/C22H20FN3O4/c1-4-30-22(29)20-18(24-21(28)15-6-5-13(2)14(3)11-15)12-19(27)26(25-20)17-9-7-16(23)8-10-17/h5-12H,4H2,1-3H3,(H,24,28). The molecule has 0 saturated heterocycles. The van der Waals surface area contributed by atoms with Crippen molar-refractivity contribution < 1.29 is 18.7 Å².